The zero-order valence-corrected chi connectivity index (χ0v) is 19.8. The number of benzene rings is 1. The van der Waals surface area contributed by atoms with E-state index in [9.17, 15) is 19.7 Å². The summed E-state index contributed by atoms with van der Waals surface area (Å²) in [5.41, 5.74) is 1.80. The smallest absolute Gasteiger partial charge is 0.409 e. The van der Waals surface area contributed by atoms with E-state index in [1.165, 1.54) is 17.8 Å². The largest absolute Gasteiger partial charge is 0.453 e. The summed E-state index contributed by atoms with van der Waals surface area (Å²) in [6, 6.07) is 7.00. The van der Waals surface area contributed by atoms with Crippen molar-refractivity contribution in [2.45, 2.75) is 18.6 Å². The fourth-order valence-corrected chi connectivity index (χ4v) is 4.24. The maximum Gasteiger partial charge on any atom is 0.409 e. The van der Waals surface area contributed by atoms with Crippen molar-refractivity contribution in [3.63, 3.8) is 0 Å². The van der Waals surface area contributed by atoms with Crippen molar-refractivity contribution in [1.82, 2.24) is 24.5 Å². The molecule has 1 amide bonds. The molecule has 2 fully saturated rings. The van der Waals surface area contributed by atoms with Crippen LogP contribution in [0.5, 0.6) is 0 Å². The summed E-state index contributed by atoms with van der Waals surface area (Å²) >= 11 is 6.75. The molecular formula is C22H20ClFN10O2. The van der Waals surface area contributed by atoms with Gasteiger partial charge in [-0.2, -0.15) is 30.1 Å². The summed E-state index contributed by atoms with van der Waals surface area (Å²) in [6.07, 6.45) is 0.325. The van der Waals surface area contributed by atoms with Gasteiger partial charge in [0.2, 0.25) is 11.9 Å². The number of carbonyl (C=O) groups is 1. The van der Waals surface area contributed by atoms with Crippen molar-refractivity contribution in [2.75, 3.05) is 48.8 Å². The standard InChI is InChI=1S/C22H20ClFN10O2/c1-36-22(35)33-4-2-32(3-5-33)17-7-12(9-25)6-16(18(17)23)28-20-30-19-13(10-26)11-27-34(19)21(31-20)29-15-8-14(15)24/h6-7,11,14-15H,2-5,8H2,1H3,(H2,28,29,30,31)/t14-,15+/m0/s1. The molecule has 2 N–H and O–H groups in total. The normalized spacial score (nSPS) is 18.9. The number of fused-ring (bicyclic) bond motifs is 1. The number of alkyl halides is 1. The first-order valence-electron chi connectivity index (χ1n) is 11.1. The first kappa shape index (κ1) is 23.4. The third-order valence-electron chi connectivity index (χ3n) is 6.00. The number of halogens is 2. The molecule has 5 rings (SSSR count). The van der Waals surface area contributed by atoms with Crippen molar-refractivity contribution in [3.05, 3.63) is 34.5 Å². The van der Waals surface area contributed by atoms with E-state index in [0.717, 1.165) is 0 Å². The Morgan fingerprint density at radius 2 is 1.97 bits per heavy atom. The average molecular weight is 511 g/mol. The van der Waals surface area contributed by atoms with Gasteiger partial charge in [0.15, 0.2) is 5.65 Å². The Morgan fingerprint density at radius 3 is 2.61 bits per heavy atom. The van der Waals surface area contributed by atoms with Crippen LogP contribution >= 0.6 is 11.6 Å². The Kier molecular flexibility index (Phi) is 6.08. The number of nitrogens with one attached hydrogen (secondary N) is 2. The number of aromatic nitrogens is 4. The quantitative estimate of drug-likeness (QED) is 0.524. The highest BCUT2D eigenvalue weighted by molar-refractivity contribution is 6.36. The second kappa shape index (κ2) is 9.36. The maximum atomic E-state index is 13.5. The van der Waals surface area contributed by atoms with Gasteiger partial charge in [-0.05, 0) is 12.1 Å². The Hall–Kier alpha value is -4.36. The van der Waals surface area contributed by atoms with Crippen molar-refractivity contribution in [3.8, 4) is 12.1 Å². The lowest BCUT2D eigenvalue weighted by Crippen LogP contribution is -2.48. The molecule has 0 radical (unpaired) electrons. The summed E-state index contributed by atoms with van der Waals surface area (Å²) < 4.78 is 19.7. The number of nitriles is 2. The highest BCUT2D eigenvalue weighted by atomic mass is 35.5. The Morgan fingerprint density at radius 1 is 1.22 bits per heavy atom. The average Bonchev–Trinajstić information content (AvgIpc) is 3.42. The fraction of sp³-hybridized carbons (Fsp3) is 0.364. The number of methoxy groups -OCH3 is 1. The number of anilines is 4. The molecule has 2 aromatic heterocycles. The zero-order valence-electron chi connectivity index (χ0n) is 19.1. The predicted molar refractivity (Wildman–Crippen MR) is 128 cm³/mol. The van der Waals surface area contributed by atoms with Gasteiger partial charge in [-0.15, -0.1) is 0 Å². The Balaban J connectivity index is 1.47. The van der Waals surface area contributed by atoms with Crippen LogP contribution in [-0.2, 0) is 4.74 Å². The van der Waals surface area contributed by atoms with Crippen LogP contribution in [0.1, 0.15) is 17.5 Å². The van der Waals surface area contributed by atoms with E-state index in [1.54, 1.807) is 17.0 Å². The minimum atomic E-state index is -0.985. The highest BCUT2D eigenvalue weighted by Gasteiger charge is 2.38. The molecule has 2 aliphatic rings. The molecule has 0 spiro atoms. The van der Waals surface area contributed by atoms with Crippen LogP contribution in [-0.4, -0.2) is 76.1 Å². The van der Waals surface area contributed by atoms with Gasteiger partial charge in [-0.25, -0.2) is 9.18 Å². The highest BCUT2D eigenvalue weighted by Crippen LogP contribution is 2.37. The molecule has 14 heteroatoms. The van der Waals surface area contributed by atoms with E-state index >= 15 is 0 Å². The topological polar surface area (TPSA) is 148 Å². The third-order valence-corrected chi connectivity index (χ3v) is 6.39. The van der Waals surface area contributed by atoms with Crippen LogP contribution in [0.15, 0.2) is 18.3 Å². The first-order valence-corrected chi connectivity index (χ1v) is 11.4. The van der Waals surface area contributed by atoms with Gasteiger partial charge in [0, 0.05) is 32.6 Å². The molecule has 12 nitrogen and oxygen atoms in total. The molecule has 2 atom stereocenters. The lowest BCUT2D eigenvalue weighted by Gasteiger charge is -2.36. The van der Waals surface area contributed by atoms with E-state index in [1.807, 2.05) is 11.0 Å². The second-order valence-corrected chi connectivity index (χ2v) is 8.69. The molecule has 3 aromatic rings. The van der Waals surface area contributed by atoms with Crippen molar-refractivity contribution in [1.29, 1.82) is 10.5 Å². The summed E-state index contributed by atoms with van der Waals surface area (Å²) in [6.45, 7) is 1.86. The number of ether oxygens (including phenoxy) is 1. The molecule has 1 saturated heterocycles. The molecule has 1 aromatic carbocycles. The van der Waals surface area contributed by atoms with Crippen LogP contribution in [0.25, 0.3) is 5.65 Å². The summed E-state index contributed by atoms with van der Waals surface area (Å²) in [5, 5.41) is 29.5. The van der Waals surface area contributed by atoms with Crippen LogP contribution in [0.4, 0.5) is 32.5 Å². The van der Waals surface area contributed by atoms with Gasteiger partial charge in [-0.3, -0.25) is 0 Å². The minimum Gasteiger partial charge on any atom is -0.453 e. The number of rotatable bonds is 5. The molecule has 36 heavy (non-hydrogen) atoms. The number of piperazine rings is 1. The molecule has 0 bridgehead atoms. The van der Waals surface area contributed by atoms with Crippen molar-refractivity contribution < 1.29 is 13.9 Å². The molecular weight excluding hydrogens is 491 g/mol. The summed E-state index contributed by atoms with van der Waals surface area (Å²) in [5.74, 6) is 0.317. The van der Waals surface area contributed by atoms with Gasteiger partial charge in [0.05, 0.1) is 47.4 Å². The lowest BCUT2D eigenvalue weighted by atomic mass is 10.1. The summed E-state index contributed by atoms with van der Waals surface area (Å²) in [7, 11) is 1.34. The zero-order chi connectivity index (χ0) is 25.4. The molecule has 1 aliphatic heterocycles. The van der Waals surface area contributed by atoms with Gasteiger partial charge in [-0.1, -0.05) is 11.6 Å². The lowest BCUT2D eigenvalue weighted by molar-refractivity contribution is 0.121. The summed E-state index contributed by atoms with van der Waals surface area (Å²) in [4.78, 5) is 24.2. The molecule has 1 aliphatic carbocycles. The van der Waals surface area contributed by atoms with Crippen molar-refractivity contribution >= 4 is 46.6 Å². The van der Waals surface area contributed by atoms with Crippen LogP contribution in [0.3, 0.4) is 0 Å². The van der Waals surface area contributed by atoms with Crippen LogP contribution in [0.2, 0.25) is 5.02 Å². The predicted octanol–water partition coefficient (Wildman–Crippen LogP) is 2.68. The number of hydrogen-bond acceptors (Lipinski definition) is 10. The molecule has 3 heterocycles. The fourth-order valence-electron chi connectivity index (χ4n) is 3.96. The van der Waals surface area contributed by atoms with Crippen LogP contribution in [0, 0.1) is 22.7 Å². The Bertz CT molecular complexity index is 1420. The van der Waals surface area contributed by atoms with E-state index < -0.39 is 18.3 Å². The SMILES string of the molecule is COC(=O)N1CCN(c2cc(C#N)cc(Nc3nc(N[C@@H]4C[C@@H]4F)n4ncc(C#N)c4n3)c2Cl)CC1. The van der Waals surface area contributed by atoms with Crippen molar-refractivity contribution in [2.24, 2.45) is 0 Å². The first-order chi connectivity index (χ1) is 17.4. The minimum absolute atomic E-state index is 0.0940. The third kappa shape index (κ3) is 4.36. The van der Waals surface area contributed by atoms with E-state index in [0.29, 0.717) is 54.6 Å². The van der Waals surface area contributed by atoms with Crippen LogP contribution < -0.4 is 15.5 Å². The second-order valence-electron chi connectivity index (χ2n) is 8.32. The molecule has 184 valence electrons. The van der Waals surface area contributed by atoms with Gasteiger partial charge in [0.1, 0.15) is 17.8 Å². The number of nitrogens with zero attached hydrogens (tertiary/aromatic N) is 8. The maximum absolute atomic E-state index is 13.5. The van der Waals surface area contributed by atoms with Gasteiger partial charge in [0.25, 0.3) is 0 Å². The Labute approximate surface area is 209 Å². The number of carbonyl (C=O) groups excluding carboxylic acids is 1. The molecule has 0 unspecified atom stereocenters. The number of hydrogen-bond donors (Lipinski definition) is 2. The molecule has 1 saturated carbocycles. The van der Waals surface area contributed by atoms with Gasteiger partial charge >= 0.3 is 6.09 Å². The van der Waals surface area contributed by atoms with E-state index in [4.69, 9.17) is 16.3 Å². The monoisotopic (exact) mass is 510 g/mol. The van der Waals surface area contributed by atoms with Gasteiger partial charge < -0.3 is 25.2 Å². The van der Waals surface area contributed by atoms with E-state index in [2.05, 4.69) is 31.8 Å². The van der Waals surface area contributed by atoms with E-state index in [-0.39, 0.29) is 23.1 Å². The number of amides is 1.